The van der Waals surface area contributed by atoms with Crippen LogP contribution in [0.1, 0.15) is 19.3 Å². The molecule has 0 fully saturated rings. The molecule has 0 radical (unpaired) electrons. The van der Waals surface area contributed by atoms with Crippen LogP contribution in [0, 0.1) is 0 Å². The van der Waals surface area contributed by atoms with Crippen molar-refractivity contribution >= 4 is 5.84 Å². The number of aliphatic imine (C=N–C) groups is 1. The topological polar surface area (TPSA) is 27.6 Å². The third-order valence-corrected chi connectivity index (χ3v) is 2.77. The highest BCUT2D eigenvalue weighted by atomic mass is 15.1. The van der Waals surface area contributed by atoms with Gasteiger partial charge in [-0.3, -0.25) is 9.89 Å². The first-order valence-corrected chi connectivity index (χ1v) is 5.60. The van der Waals surface area contributed by atoms with Gasteiger partial charge in [-0.25, -0.2) is 0 Å². The van der Waals surface area contributed by atoms with Crippen molar-refractivity contribution in [2.45, 2.75) is 19.3 Å². The molecule has 0 aromatic carbocycles. The van der Waals surface area contributed by atoms with Crippen LogP contribution >= 0.6 is 0 Å². The largest absolute Gasteiger partial charge is 0.373 e. The van der Waals surface area contributed by atoms with Crippen molar-refractivity contribution in [1.82, 2.24) is 10.2 Å². The Bertz CT molecular complexity index is 233. The number of amidine groups is 1. The standard InChI is InChI=1S/C11H19N3/c1-2-8-14(9-3-1)10-7-13-11-5-4-6-12-11/h1-2H,3-10H2,(H,12,13). The molecule has 0 unspecified atom stereocenters. The fourth-order valence-electron chi connectivity index (χ4n) is 1.94. The Kier molecular flexibility index (Phi) is 3.57. The van der Waals surface area contributed by atoms with Crippen LogP contribution in [-0.2, 0) is 0 Å². The maximum atomic E-state index is 4.39. The van der Waals surface area contributed by atoms with Gasteiger partial charge in [0.15, 0.2) is 0 Å². The first-order valence-electron chi connectivity index (χ1n) is 5.60. The molecule has 3 heteroatoms. The van der Waals surface area contributed by atoms with E-state index in [9.17, 15) is 0 Å². The third-order valence-electron chi connectivity index (χ3n) is 2.77. The van der Waals surface area contributed by atoms with E-state index in [1.807, 2.05) is 0 Å². The van der Waals surface area contributed by atoms with Crippen molar-refractivity contribution in [3.8, 4) is 0 Å². The molecule has 3 nitrogen and oxygen atoms in total. The molecule has 0 amide bonds. The SMILES string of the molecule is C1=CCN(CCNC2=NCCC2)CC1. The van der Waals surface area contributed by atoms with Gasteiger partial charge >= 0.3 is 0 Å². The van der Waals surface area contributed by atoms with Gasteiger partial charge in [-0.15, -0.1) is 0 Å². The van der Waals surface area contributed by atoms with Crippen LogP contribution in [0.4, 0.5) is 0 Å². The number of nitrogens with one attached hydrogen (secondary N) is 1. The summed E-state index contributed by atoms with van der Waals surface area (Å²) in [7, 11) is 0. The third kappa shape index (κ3) is 2.84. The maximum absolute atomic E-state index is 4.39. The molecule has 0 saturated heterocycles. The van der Waals surface area contributed by atoms with E-state index in [-0.39, 0.29) is 0 Å². The predicted molar refractivity (Wildman–Crippen MR) is 59.7 cm³/mol. The minimum atomic E-state index is 1.02. The van der Waals surface area contributed by atoms with Crippen LogP contribution in [-0.4, -0.2) is 43.5 Å². The Morgan fingerprint density at radius 3 is 3.14 bits per heavy atom. The Hall–Kier alpha value is -0.830. The van der Waals surface area contributed by atoms with Gasteiger partial charge in [-0.2, -0.15) is 0 Å². The minimum Gasteiger partial charge on any atom is -0.373 e. The smallest absolute Gasteiger partial charge is 0.0964 e. The molecule has 14 heavy (non-hydrogen) atoms. The lowest BCUT2D eigenvalue weighted by atomic mass is 10.2. The molecule has 1 N–H and O–H groups in total. The highest BCUT2D eigenvalue weighted by Crippen LogP contribution is 2.02. The predicted octanol–water partition coefficient (Wildman–Crippen LogP) is 1.03. The van der Waals surface area contributed by atoms with Gasteiger partial charge in [0.25, 0.3) is 0 Å². The molecule has 0 saturated carbocycles. The van der Waals surface area contributed by atoms with Gasteiger partial charge in [-0.1, -0.05) is 12.2 Å². The van der Waals surface area contributed by atoms with E-state index in [1.165, 1.54) is 25.2 Å². The van der Waals surface area contributed by atoms with Crippen molar-refractivity contribution in [2.24, 2.45) is 4.99 Å². The molecule has 0 spiro atoms. The minimum absolute atomic E-state index is 1.02. The highest BCUT2D eigenvalue weighted by molar-refractivity contribution is 5.83. The second kappa shape index (κ2) is 5.15. The van der Waals surface area contributed by atoms with Gasteiger partial charge in [0, 0.05) is 39.1 Å². The van der Waals surface area contributed by atoms with Crippen molar-refractivity contribution in [3.05, 3.63) is 12.2 Å². The number of hydrogen-bond donors (Lipinski definition) is 1. The van der Waals surface area contributed by atoms with Crippen LogP contribution in [0.2, 0.25) is 0 Å². The molecule has 78 valence electrons. The summed E-state index contributed by atoms with van der Waals surface area (Å²) in [6.07, 6.45) is 8.12. The number of nitrogens with zero attached hydrogens (tertiary/aromatic N) is 2. The van der Waals surface area contributed by atoms with Gasteiger partial charge in [-0.05, 0) is 12.8 Å². The average Bonchev–Trinajstić information content (AvgIpc) is 2.72. The van der Waals surface area contributed by atoms with Gasteiger partial charge in [0.05, 0.1) is 5.84 Å². The van der Waals surface area contributed by atoms with Gasteiger partial charge < -0.3 is 5.32 Å². The zero-order chi connectivity index (χ0) is 9.64. The number of hydrogen-bond acceptors (Lipinski definition) is 3. The van der Waals surface area contributed by atoms with E-state index < -0.39 is 0 Å². The molecule has 0 aromatic rings. The lowest BCUT2D eigenvalue weighted by Gasteiger charge is -2.23. The highest BCUT2D eigenvalue weighted by Gasteiger charge is 2.07. The van der Waals surface area contributed by atoms with Crippen molar-refractivity contribution in [1.29, 1.82) is 0 Å². The fraction of sp³-hybridized carbons (Fsp3) is 0.727. The molecular weight excluding hydrogens is 174 g/mol. The molecule has 2 aliphatic heterocycles. The first-order chi connectivity index (χ1) is 6.95. The molecular formula is C11H19N3. The maximum Gasteiger partial charge on any atom is 0.0964 e. The summed E-state index contributed by atoms with van der Waals surface area (Å²) in [5.74, 6) is 1.22. The summed E-state index contributed by atoms with van der Waals surface area (Å²) in [4.78, 5) is 6.87. The van der Waals surface area contributed by atoms with E-state index in [1.54, 1.807) is 0 Å². The second-order valence-corrected chi connectivity index (χ2v) is 3.92. The molecule has 0 aromatic heterocycles. The second-order valence-electron chi connectivity index (χ2n) is 3.92. The van der Waals surface area contributed by atoms with Gasteiger partial charge in [0.1, 0.15) is 0 Å². The Balaban J connectivity index is 1.60. The summed E-state index contributed by atoms with van der Waals surface area (Å²) >= 11 is 0. The molecule has 0 atom stereocenters. The van der Waals surface area contributed by atoms with E-state index in [0.29, 0.717) is 0 Å². The summed E-state index contributed by atoms with van der Waals surface area (Å²) in [5.41, 5.74) is 0. The zero-order valence-electron chi connectivity index (χ0n) is 8.71. The zero-order valence-corrected chi connectivity index (χ0v) is 8.71. The summed E-state index contributed by atoms with van der Waals surface area (Å²) in [6.45, 7) is 5.55. The van der Waals surface area contributed by atoms with E-state index in [2.05, 4.69) is 27.4 Å². The van der Waals surface area contributed by atoms with Crippen LogP contribution in [0.3, 0.4) is 0 Å². The molecule has 2 heterocycles. The van der Waals surface area contributed by atoms with Crippen molar-refractivity contribution in [2.75, 3.05) is 32.7 Å². The lowest BCUT2D eigenvalue weighted by Crippen LogP contribution is -2.36. The molecule has 0 aliphatic carbocycles. The van der Waals surface area contributed by atoms with Crippen LogP contribution in [0.15, 0.2) is 17.1 Å². The quantitative estimate of drug-likeness (QED) is 0.678. The van der Waals surface area contributed by atoms with Crippen LogP contribution < -0.4 is 5.32 Å². The molecule has 0 bridgehead atoms. The first kappa shape index (κ1) is 9.71. The number of rotatable bonds is 3. The van der Waals surface area contributed by atoms with E-state index in [4.69, 9.17) is 0 Å². The normalized spacial score (nSPS) is 22.4. The summed E-state index contributed by atoms with van der Waals surface area (Å²) in [6, 6.07) is 0. The summed E-state index contributed by atoms with van der Waals surface area (Å²) < 4.78 is 0. The van der Waals surface area contributed by atoms with Crippen LogP contribution in [0.5, 0.6) is 0 Å². The Morgan fingerprint density at radius 1 is 1.43 bits per heavy atom. The Morgan fingerprint density at radius 2 is 2.43 bits per heavy atom. The van der Waals surface area contributed by atoms with E-state index in [0.717, 1.165) is 32.6 Å². The van der Waals surface area contributed by atoms with Crippen LogP contribution in [0.25, 0.3) is 0 Å². The van der Waals surface area contributed by atoms with Crippen molar-refractivity contribution in [3.63, 3.8) is 0 Å². The average molecular weight is 193 g/mol. The molecule has 2 aliphatic rings. The fourth-order valence-corrected chi connectivity index (χ4v) is 1.94. The Labute approximate surface area is 85.9 Å². The summed E-state index contributed by atoms with van der Waals surface area (Å²) in [5, 5.41) is 3.41. The van der Waals surface area contributed by atoms with Crippen molar-refractivity contribution < 1.29 is 0 Å². The van der Waals surface area contributed by atoms with Gasteiger partial charge in [0.2, 0.25) is 0 Å². The van der Waals surface area contributed by atoms with E-state index >= 15 is 0 Å². The monoisotopic (exact) mass is 193 g/mol. The molecule has 2 rings (SSSR count). The lowest BCUT2D eigenvalue weighted by molar-refractivity contribution is 0.303.